The number of nitrogens with one attached hydrogen (secondary N) is 2. The topological polar surface area (TPSA) is 98.8 Å². The van der Waals surface area contributed by atoms with Crippen LogP contribution in [0.25, 0.3) is 10.8 Å². The lowest BCUT2D eigenvalue weighted by atomic mass is 10.0. The number of nitrogens with zero attached hydrogens (tertiary/aromatic N) is 2. The van der Waals surface area contributed by atoms with Gasteiger partial charge in [-0.3, -0.25) is 19.2 Å². The van der Waals surface area contributed by atoms with Crippen LogP contribution in [0.15, 0.2) is 91.0 Å². The number of ketones is 1. The zero-order valence-corrected chi connectivity index (χ0v) is 24.0. The van der Waals surface area contributed by atoms with Gasteiger partial charge in [-0.25, -0.2) is 0 Å². The second-order valence-corrected chi connectivity index (χ2v) is 10.5. The van der Waals surface area contributed by atoms with E-state index in [4.69, 9.17) is 0 Å². The van der Waals surface area contributed by atoms with E-state index in [2.05, 4.69) is 34.9 Å². The molecule has 8 heteroatoms. The molecule has 0 aliphatic carbocycles. The summed E-state index contributed by atoms with van der Waals surface area (Å²) in [5, 5.41) is 8.03. The van der Waals surface area contributed by atoms with Crippen LogP contribution in [-0.4, -0.2) is 55.7 Å². The second kappa shape index (κ2) is 12.4. The van der Waals surface area contributed by atoms with E-state index >= 15 is 0 Å². The van der Waals surface area contributed by atoms with Crippen LogP contribution in [-0.2, 0) is 16.0 Å². The van der Waals surface area contributed by atoms with Crippen LogP contribution in [0.1, 0.15) is 40.1 Å². The summed E-state index contributed by atoms with van der Waals surface area (Å²) in [7, 11) is 1.67. The minimum absolute atomic E-state index is 0.0456. The van der Waals surface area contributed by atoms with Gasteiger partial charge < -0.3 is 20.4 Å². The van der Waals surface area contributed by atoms with Gasteiger partial charge in [0.1, 0.15) is 6.04 Å². The van der Waals surface area contributed by atoms with Gasteiger partial charge in [0.25, 0.3) is 11.8 Å². The van der Waals surface area contributed by atoms with Crippen molar-refractivity contribution in [2.24, 2.45) is 0 Å². The molecule has 0 saturated heterocycles. The number of amides is 3. The smallest absolute Gasteiger partial charge is 0.258 e. The van der Waals surface area contributed by atoms with Crippen LogP contribution in [0.2, 0.25) is 0 Å². The van der Waals surface area contributed by atoms with Crippen LogP contribution in [0.3, 0.4) is 0 Å². The van der Waals surface area contributed by atoms with Gasteiger partial charge in [-0.05, 0) is 67.9 Å². The van der Waals surface area contributed by atoms with E-state index in [-0.39, 0.29) is 30.0 Å². The highest BCUT2D eigenvalue weighted by atomic mass is 16.2. The van der Waals surface area contributed by atoms with Crippen molar-refractivity contribution in [1.29, 1.82) is 0 Å². The highest BCUT2D eigenvalue weighted by Crippen LogP contribution is 2.34. The van der Waals surface area contributed by atoms with E-state index in [0.29, 0.717) is 35.5 Å². The Morgan fingerprint density at radius 3 is 2.21 bits per heavy atom. The van der Waals surface area contributed by atoms with Gasteiger partial charge in [0.2, 0.25) is 5.91 Å². The van der Waals surface area contributed by atoms with Crippen LogP contribution in [0.4, 0.5) is 11.4 Å². The first-order valence-corrected chi connectivity index (χ1v) is 14.1. The maximum Gasteiger partial charge on any atom is 0.258 e. The number of likely N-dealkylation sites (N-methyl/N-ethyl adjacent to an activating group) is 1. The molecule has 214 valence electrons. The monoisotopic (exact) mass is 562 g/mol. The average molecular weight is 563 g/mol. The Hall–Kier alpha value is -4.82. The highest BCUT2D eigenvalue weighted by molar-refractivity contribution is 6.13. The third-order valence-electron chi connectivity index (χ3n) is 7.80. The lowest BCUT2D eigenvalue weighted by molar-refractivity contribution is -0.128. The summed E-state index contributed by atoms with van der Waals surface area (Å²) in [6.45, 7) is 3.49. The second-order valence-electron chi connectivity index (χ2n) is 10.5. The summed E-state index contributed by atoms with van der Waals surface area (Å²) >= 11 is 0. The number of carbonyl (C=O) groups is 4. The Balaban J connectivity index is 1.54. The third-order valence-corrected chi connectivity index (χ3v) is 7.80. The normalized spacial score (nSPS) is 15.6. The molecule has 2 atom stereocenters. The minimum Gasteiger partial charge on any atom is -0.341 e. The standard InChI is InChI=1S/C34H34N4O4/c1-22(35-3)32(40)36-29-21-38(33(41)27-17-15-24(16-18-27)23(2)39)31-14-7-6-13-30(31)37(34(29)42)20-19-26-11-8-10-25-9-4-5-12-28(25)26/h4-18,22,29,35H,19-21H2,1-3H3,(H,36,40). The maximum absolute atomic E-state index is 14.2. The summed E-state index contributed by atoms with van der Waals surface area (Å²) in [6, 6.07) is 26.5. The fourth-order valence-electron chi connectivity index (χ4n) is 5.29. The van der Waals surface area contributed by atoms with Crippen molar-refractivity contribution < 1.29 is 19.2 Å². The summed E-state index contributed by atoms with van der Waals surface area (Å²) in [5.41, 5.74) is 3.15. The van der Waals surface area contributed by atoms with Crippen molar-refractivity contribution in [3.8, 4) is 0 Å². The zero-order valence-electron chi connectivity index (χ0n) is 24.0. The number of Topliss-reactive ketones (excluding diaryl/α,β-unsaturated/α-hetero) is 1. The quantitative estimate of drug-likeness (QED) is 0.311. The maximum atomic E-state index is 14.2. The number of fused-ring (bicyclic) bond motifs is 2. The fourth-order valence-corrected chi connectivity index (χ4v) is 5.29. The Kier molecular flexibility index (Phi) is 8.45. The van der Waals surface area contributed by atoms with Crippen LogP contribution >= 0.6 is 0 Å². The first-order chi connectivity index (χ1) is 20.3. The average Bonchev–Trinajstić information content (AvgIpc) is 3.13. The Bertz CT molecular complexity index is 1640. The van der Waals surface area contributed by atoms with Crippen molar-refractivity contribution >= 4 is 45.7 Å². The molecular formula is C34H34N4O4. The molecule has 0 radical (unpaired) electrons. The van der Waals surface area contributed by atoms with Crippen molar-refractivity contribution in [2.75, 3.05) is 29.9 Å². The zero-order chi connectivity index (χ0) is 29.8. The van der Waals surface area contributed by atoms with Crippen LogP contribution < -0.4 is 20.4 Å². The molecule has 8 nitrogen and oxygen atoms in total. The summed E-state index contributed by atoms with van der Waals surface area (Å²) in [4.78, 5) is 56.1. The minimum atomic E-state index is -0.978. The number of hydrogen-bond donors (Lipinski definition) is 2. The van der Waals surface area contributed by atoms with Gasteiger partial charge in [0.05, 0.1) is 24.0 Å². The molecule has 0 bridgehead atoms. The van der Waals surface area contributed by atoms with Crippen LogP contribution in [0.5, 0.6) is 0 Å². The predicted octanol–water partition coefficient (Wildman–Crippen LogP) is 4.37. The number of benzene rings is 4. The molecule has 2 unspecified atom stereocenters. The molecular weight excluding hydrogens is 528 g/mol. The van der Waals surface area contributed by atoms with Gasteiger partial charge in [0.15, 0.2) is 5.78 Å². The molecule has 42 heavy (non-hydrogen) atoms. The molecule has 1 aliphatic rings. The van der Waals surface area contributed by atoms with E-state index in [0.717, 1.165) is 16.3 Å². The third kappa shape index (κ3) is 5.80. The molecule has 0 spiro atoms. The van der Waals surface area contributed by atoms with E-state index in [9.17, 15) is 19.2 Å². The molecule has 1 heterocycles. The van der Waals surface area contributed by atoms with Gasteiger partial charge >= 0.3 is 0 Å². The van der Waals surface area contributed by atoms with Crippen molar-refractivity contribution in [2.45, 2.75) is 32.4 Å². The van der Waals surface area contributed by atoms with E-state index in [1.807, 2.05) is 42.5 Å². The van der Waals surface area contributed by atoms with Gasteiger partial charge in [-0.15, -0.1) is 0 Å². The number of carbonyl (C=O) groups excluding carboxylic acids is 4. The SMILES string of the molecule is CNC(C)C(=O)NC1CN(C(=O)c2ccc(C(C)=O)cc2)c2ccccc2N(CCc2cccc3ccccc23)C1=O. The van der Waals surface area contributed by atoms with Crippen molar-refractivity contribution in [3.05, 3.63) is 108 Å². The highest BCUT2D eigenvalue weighted by Gasteiger charge is 2.37. The molecule has 0 fully saturated rings. The lowest BCUT2D eigenvalue weighted by Gasteiger charge is -2.26. The molecule has 0 saturated carbocycles. The molecule has 1 aliphatic heterocycles. The number of hydrogen-bond acceptors (Lipinski definition) is 5. The largest absolute Gasteiger partial charge is 0.341 e. The summed E-state index contributed by atoms with van der Waals surface area (Å²) < 4.78 is 0. The summed E-state index contributed by atoms with van der Waals surface area (Å²) in [5.74, 6) is -1.05. The fraction of sp³-hybridized carbons (Fsp3) is 0.235. The number of para-hydroxylation sites is 2. The lowest BCUT2D eigenvalue weighted by Crippen LogP contribution is -2.56. The van der Waals surface area contributed by atoms with Crippen molar-refractivity contribution in [3.63, 3.8) is 0 Å². The molecule has 3 amide bonds. The molecule has 0 aromatic heterocycles. The van der Waals surface area contributed by atoms with Gasteiger partial charge in [0, 0.05) is 17.7 Å². The van der Waals surface area contributed by atoms with Crippen LogP contribution in [0, 0.1) is 0 Å². The van der Waals surface area contributed by atoms with Crippen molar-refractivity contribution in [1.82, 2.24) is 10.6 Å². The number of rotatable bonds is 8. The first kappa shape index (κ1) is 28.7. The molecule has 4 aromatic rings. The summed E-state index contributed by atoms with van der Waals surface area (Å²) in [6.07, 6.45) is 0.579. The molecule has 2 N–H and O–H groups in total. The van der Waals surface area contributed by atoms with E-state index in [1.54, 1.807) is 48.0 Å². The predicted molar refractivity (Wildman–Crippen MR) is 165 cm³/mol. The first-order valence-electron chi connectivity index (χ1n) is 14.1. The Labute approximate surface area is 245 Å². The van der Waals surface area contributed by atoms with E-state index in [1.165, 1.54) is 6.92 Å². The molecule has 5 rings (SSSR count). The Morgan fingerprint density at radius 2 is 1.50 bits per heavy atom. The van der Waals surface area contributed by atoms with E-state index < -0.39 is 12.1 Å². The van der Waals surface area contributed by atoms with Gasteiger partial charge in [-0.2, -0.15) is 0 Å². The Morgan fingerprint density at radius 1 is 0.857 bits per heavy atom. The molecule has 4 aromatic carbocycles. The van der Waals surface area contributed by atoms with Gasteiger partial charge in [-0.1, -0.05) is 66.7 Å². The number of anilines is 2.